The van der Waals surface area contributed by atoms with Crippen LogP contribution in [0.2, 0.25) is 0 Å². The van der Waals surface area contributed by atoms with E-state index in [2.05, 4.69) is 10.0 Å². The van der Waals surface area contributed by atoms with E-state index in [9.17, 15) is 13.2 Å². The molecule has 2 N–H and O–H groups in total. The largest absolute Gasteiger partial charge is 0.352 e. The van der Waals surface area contributed by atoms with E-state index in [1.807, 2.05) is 25.1 Å². The molecule has 0 aliphatic rings. The van der Waals surface area contributed by atoms with Crippen LogP contribution in [0.1, 0.15) is 16.8 Å². The lowest BCUT2D eigenvalue weighted by atomic mass is 10.2. The monoisotopic (exact) mass is 397 g/mol. The summed E-state index contributed by atoms with van der Waals surface area (Å²) in [5.41, 5.74) is 0.925. The number of nitrogens with one attached hydrogen (secondary N) is 2. The molecule has 0 heterocycles. The molecule has 0 atom stereocenters. The molecular formula is C18H24ClN3O3S. The molecule has 0 bridgehead atoms. The standard InChI is InChI=1S/C18H23N3O3S.ClH/c1-21(2)14-6-13-19-18(22)15-9-11-17(12-10-15)25(23,24)20-16-7-4-3-5-8-16;/h3-5,7-12,20H,6,13-14H2,1-2H3,(H,19,22);1H. The molecule has 0 aliphatic carbocycles. The summed E-state index contributed by atoms with van der Waals surface area (Å²) in [4.78, 5) is 14.2. The first kappa shape index (κ1) is 22.0. The van der Waals surface area contributed by atoms with Crippen LogP contribution in [0.4, 0.5) is 5.69 Å². The lowest BCUT2D eigenvalue weighted by Crippen LogP contribution is -2.27. The minimum atomic E-state index is -3.67. The summed E-state index contributed by atoms with van der Waals surface area (Å²) >= 11 is 0. The Labute approximate surface area is 161 Å². The molecule has 142 valence electrons. The molecule has 1 amide bonds. The summed E-state index contributed by atoms with van der Waals surface area (Å²) in [5.74, 6) is -0.210. The normalized spacial score (nSPS) is 10.9. The number of carbonyl (C=O) groups excluding carboxylic acids is 1. The zero-order valence-corrected chi connectivity index (χ0v) is 16.4. The van der Waals surface area contributed by atoms with Crippen molar-refractivity contribution in [3.63, 3.8) is 0 Å². The lowest BCUT2D eigenvalue weighted by Gasteiger charge is -2.10. The van der Waals surface area contributed by atoms with Gasteiger partial charge in [-0.25, -0.2) is 8.42 Å². The Balaban J connectivity index is 0.00000338. The van der Waals surface area contributed by atoms with Crippen LogP contribution >= 0.6 is 12.4 Å². The van der Waals surface area contributed by atoms with E-state index in [0.717, 1.165) is 13.0 Å². The first-order valence-electron chi connectivity index (χ1n) is 7.99. The maximum atomic E-state index is 12.3. The van der Waals surface area contributed by atoms with Gasteiger partial charge in [-0.05, 0) is 63.5 Å². The molecule has 2 rings (SSSR count). The number of nitrogens with zero attached hydrogens (tertiary/aromatic N) is 1. The Hall–Kier alpha value is -2.09. The van der Waals surface area contributed by atoms with Crippen molar-refractivity contribution in [2.45, 2.75) is 11.3 Å². The SMILES string of the molecule is CN(C)CCCNC(=O)c1ccc(S(=O)(=O)Nc2ccccc2)cc1.Cl. The van der Waals surface area contributed by atoms with Gasteiger partial charge >= 0.3 is 0 Å². The molecule has 2 aromatic rings. The molecule has 0 saturated carbocycles. The average Bonchev–Trinajstić information content (AvgIpc) is 2.59. The van der Waals surface area contributed by atoms with E-state index in [-0.39, 0.29) is 23.2 Å². The number of hydrogen-bond acceptors (Lipinski definition) is 4. The van der Waals surface area contributed by atoms with Gasteiger partial charge in [0, 0.05) is 17.8 Å². The van der Waals surface area contributed by atoms with E-state index in [1.54, 1.807) is 24.3 Å². The van der Waals surface area contributed by atoms with Crippen molar-refractivity contribution in [3.8, 4) is 0 Å². The van der Waals surface area contributed by atoms with E-state index >= 15 is 0 Å². The number of rotatable bonds is 8. The van der Waals surface area contributed by atoms with Crippen LogP contribution in [0.3, 0.4) is 0 Å². The molecule has 2 aromatic carbocycles. The number of hydrogen-bond donors (Lipinski definition) is 2. The van der Waals surface area contributed by atoms with Crippen LogP contribution in [0, 0.1) is 0 Å². The summed E-state index contributed by atoms with van der Waals surface area (Å²) in [6.45, 7) is 1.47. The second kappa shape index (κ2) is 10.2. The summed E-state index contributed by atoms with van der Waals surface area (Å²) < 4.78 is 27.2. The minimum absolute atomic E-state index is 0. The van der Waals surface area contributed by atoms with Crippen molar-refractivity contribution in [2.24, 2.45) is 0 Å². The number of carbonyl (C=O) groups is 1. The van der Waals surface area contributed by atoms with Crippen molar-refractivity contribution >= 4 is 34.0 Å². The molecule has 8 heteroatoms. The van der Waals surface area contributed by atoms with Gasteiger partial charge in [-0.15, -0.1) is 12.4 Å². The van der Waals surface area contributed by atoms with Gasteiger partial charge in [0.15, 0.2) is 0 Å². The predicted octanol–water partition coefficient (Wildman–Crippen LogP) is 2.59. The zero-order chi connectivity index (χ0) is 18.3. The van der Waals surface area contributed by atoms with Crippen molar-refractivity contribution in [3.05, 3.63) is 60.2 Å². The fraction of sp³-hybridized carbons (Fsp3) is 0.278. The van der Waals surface area contributed by atoms with Crippen LogP contribution < -0.4 is 10.0 Å². The zero-order valence-electron chi connectivity index (χ0n) is 14.8. The highest BCUT2D eigenvalue weighted by molar-refractivity contribution is 7.92. The highest BCUT2D eigenvalue weighted by Gasteiger charge is 2.15. The van der Waals surface area contributed by atoms with Crippen LogP contribution in [0.25, 0.3) is 0 Å². The van der Waals surface area contributed by atoms with Gasteiger partial charge in [0.25, 0.3) is 15.9 Å². The lowest BCUT2D eigenvalue weighted by molar-refractivity contribution is 0.0952. The van der Waals surface area contributed by atoms with E-state index in [0.29, 0.717) is 17.8 Å². The van der Waals surface area contributed by atoms with Crippen LogP contribution in [-0.4, -0.2) is 46.4 Å². The Kier molecular flexibility index (Phi) is 8.57. The fourth-order valence-electron chi connectivity index (χ4n) is 2.20. The minimum Gasteiger partial charge on any atom is -0.352 e. The number of anilines is 1. The molecule has 26 heavy (non-hydrogen) atoms. The van der Waals surface area contributed by atoms with Crippen molar-refractivity contribution in [2.75, 3.05) is 31.9 Å². The second-order valence-corrected chi connectivity index (χ2v) is 7.59. The van der Waals surface area contributed by atoms with E-state index < -0.39 is 10.0 Å². The Bertz CT molecular complexity index is 794. The van der Waals surface area contributed by atoms with Gasteiger partial charge in [-0.1, -0.05) is 18.2 Å². The van der Waals surface area contributed by atoms with Crippen molar-refractivity contribution in [1.82, 2.24) is 10.2 Å². The van der Waals surface area contributed by atoms with Gasteiger partial charge in [0.1, 0.15) is 0 Å². The van der Waals surface area contributed by atoms with Crippen LogP contribution in [0.15, 0.2) is 59.5 Å². The molecule has 0 saturated heterocycles. The Morgan fingerprint density at radius 1 is 1.00 bits per heavy atom. The van der Waals surface area contributed by atoms with Crippen molar-refractivity contribution in [1.29, 1.82) is 0 Å². The highest BCUT2D eigenvalue weighted by atomic mass is 35.5. The van der Waals surface area contributed by atoms with Gasteiger partial charge in [-0.2, -0.15) is 0 Å². The van der Waals surface area contributed by atoms with E-state index in [1.165, 1.54) is 24.3 Å². The molecule has 0 unspecified atom stereocenters. The molecule has 6 nitrogen and oxygen atoms in total. The maximum absolute atomic E-state index is 12.3. The van der Waals surface area contributed by atoms with Gasteiger partial charge in [0.2, 0.25) is 0 Å². The first-order valence-corrected chi connectivity index (χ1v) is 9.48. The molecule has 0 aliphatic heterocycles. The molecular weight excluding hydrogens is 374 g/mol. The Morgan fingerprint density at radius 2 is 1.62 bits per heavy atom. The van der Waals surface area contributed by atoms with Crippen LogP contribution in [0.5, 0.6) is 0 Å². The number of para-hydroxylation sites is 1. The third-order valence-corrected chi connectivity index (χ3v) is 4.92. The smallest absolute Gasteiger partial charge is 0.261 e. The maximum Gasteiger partial charge on any atom is 0.261 e. The number of benzene rings is 2. The molecule has 0 fully saturated rings. The third kappa shape index (κ3) is 6.67. The van der Waals surface area contributed by atoms with Gasteiger partial charge in [0.05, 0.1) is 4.90 Å². The van der Waals surface area contributed by atoms with Gasteiger partial charge in [-0.3, -0.25) is 9.52 Å². The van der Waals surface area contributed by atoms with Crippen molar-refractivity contribution < 1.29 is 13.2 Å². The highest BCUT2D eigenvalue weighted by Crippen LogP contribution is 2.16. The summed E-state index contributed by atoms with van der Waals surface area (Å²) in [5, 5.41) is 2.82. The predicted molar refractivity (Wildman–Crippen MR) is 106 cm³/mol. The fourth-order valence-corrected chi connectivity index (χ4v) is 3.26. The van der Waals surface area contributed by atoms with Crippen LogP contribution in [-0.2, 0) is 10.0 Å². The molecule has 0 radical (unpaired) electrons. The molecule has 0 aromatic heterocycles. The first-order chi connectivity index (χ1) is 11.9. The topological polar surface area (TPSA) is 78.5 Å². The quantitative estimate of drug-likeness (QED) is 0.671. The number of sulfonamides is 1. The van der Waals surface area contributed by atoms with Gasteiger partial charge < -0.3 is 10.2 Å². The van der Waals surface area contributed by atoms with E-state index in [4.69, 9.17) is 0 Å². The summed E-state index contributed by atoms with van der Waals surface area (Å²) in [6.07, 6.45) is 0.853. The summed E-state index contributed by atoms with van der Waals surface area (Å²) in [6, 6.07) is 14.6. The number of amides is 1. The number of halogens is 1. The average molecular weight is 398 g/mol. The Morgan fingerprint density at radius 3 is 2.19 bits per heavy atom. The molecule has 0 spiro atoms. The second-order valence-electron chi connectivity index (χ2n) is 5.91. The summed E-state index contributed by atoms with van der Waals surface area (Å²) in [7, 11) is 0.280. The third-order valence-electron chi connectivity index (χ3n) is 3.52.